The average molecular weight is 272 g/mol. The number of nitrogens with zero attached hydrogens (tertiary/aromatic N) is 2. The summed E-state index contributed by atoms with van der Waals surface area (Å²) >= 11 is 0. The van der Waals surface area contributed by atoms with E-state index in [1.165, 1.54) is 23.9 Å². The fourth-order valence-electron chi connectivity index (χ4n) is 2.49. The number of carbonyl (C=O) groups is 2. The first kappa shape index (κ1) is 14.3. The Kier molecular flexibility index (Phi) is 4.56. The molecule has 0 aromatic heterocycles. The van der Waals surface area contributed by atoms with Gasteiger partial charge in [-0.15, -0.1) is 0 Å². The number of carbonyl (C=O) groups excluding carboxylic acids is 2. The zero-order chi connectivity index (χ0) is 14.5. The summed E-state index contributed by atoms with van der Waals surface area (Å²) in [5.41, 5.74) is 1.63. The Morgan fingerprint density at radius 2 is 1.60 bits per heavy atom. The van der Waals surface area contributed by atoms with Crippen molar-refractivity contribution in [2.24, 2.45) is 0 Å². The van der Waals surface area contributed by atoms with Gasteiger partial charge in [-0.2, -0.15) is 0 Å². The highest BCUT2D eigenvalue weighted by Gasteiger charge is 2.26. The number of amides is 2. The van der Waals surface area contributed by atoms with Crippen molar-refractivity contribution in [3.05, 3.63) is 42.1 Å². The van der Waals surface area contributed by atoms with Crippen molar-refractivity contribution >= 4 is 17.5 Å². The molecule has 0 bridgehead atoms. The summed E-state index contributed by atoms with van der Waals surface area (Å²) < 4.78 is 0. The summed E-state index contributed by atoms with van der Waals surface area (Å²) in [4.78, 5) is 24.1. The van der Waals surface area contributed by atoms with Crippen LogP contribution in [0.15, 0.2) is 42.1 Å². The van der Waals surface area contributed by atoms with E-state index in [1.807, 2.05) is 30.3 Å². The van der Waals surface area contributed by atoms with E-state index >= 15 is 0 Å². The second-order valence-corrected chi connectivity index (χ2v) is 4.94. The second kappa shape index (κ2) is 6.37. The van der Waals surface area contributed by atoms with E-state index in [0.717, 1.165) is 31.4 Å². The van der Waals surface area contributed by atoms with Crippen molar-refractivity contribution in [1.82, 2.24) is 5.01 Å². The minimum absolute atomic E-state index is 0.141. The second-order valence-electron chi connectivity index (χ2n) is 4.94. The van der Waals surface area contributed by atoms with Gasteiger partial charge in [-0.3, -0.25) is 9.59 Å². The maximum absolute atomic E-state index is 12.1. The van der Waals surface area contributed by atoms with Crippen LogP contribution in [0.3, 0.4) is 0 Å². The third kappa shape index (κ3) is 3.07. The Morgan fingerprint density at radius 3 is 2.10 bits per heavy atom. The fraction of sp³-hybridized carbons (Fsp3) is 0.375. The van der Waals surface area contributed by atoms with Crippen LogP contribution in [-0.4, -0.2) is 16.8 Å². The standard InChI is InChI=1S/C16H20N2O2/c1-13(19)17(15-9-5-3-6-10-15)18(14(2)20)16-11-7-4-8-12-16/h3,5-6,9-11H,4,7-8,12H2,1-2H3. The summed E-state index contributed by atoms with van der Waals surface area (Å²) in [7, 11) is 0. The van der Waals surface area contributed by atoms with E-state index in [-0.39, 0.29) is 11.8 Å². The van der Waals surface area contributed by atoms with Crippen LogP contribution in [0.5, 0.6) is 0 Å². The van der Waals surface area contributed by atoms with Crippen molar-refractivity contribution in [2.45, 2.75) is 39.5 Å². The fourth-order valence-corrected chi connectivity index (χ4v) is 2.49. The van der Waals surface area contributed by atoms with Gasteiger partial charge in [0.1, 0.15) is 0 Å². The molecular formula is C16H20N2O2. The number of allylic oxidation sites excluding steroid dienone is 2. The molecule has 1 aromatic carbocycles. The predicted octanol–water partition coefficient (Wildman–Crippen LogP) is 3.26. The van der Waals surface area contributed by atoms with Crippen LogP contribution in [-0.2, 0) is 9.59 Å². The Morgan fingerprint density at radius 1 is 0.950 bits per heavy atom. The quantitative estimate of drug-likeness (QED) is 0.775. The zero-order valence-electron chi connectivity index (χ0n) is 12.0. The number of hydrogen-bond acceptors (Lipinski definition) is 2. The molecule has 1 aliphatic carbocycles. The van der Waals surface area contributed by atoms with E-state index < -0.39 is 0 Å². The highest BCUT2D eigenvalue weighted by atomic mass is 16.2. The van der Waals surface area contributed by atoms with Gasteiger partial charge in [-0.1, -0.05) is 24.3 Å². The van der Waals surface area contributed by atoms with Crippen molar-refractivity contribution in [2.75, 3.05) is 5.01 Å². The van der Waals surface area contributed by atoms with Crippen LogP contribution < -0.4 is 5.01 Å². The normalized spacial score (nSPS) is 14.4. The van der Waals surface area contributed by atoms with E-state index in [9.17, 15) is 9.59 Å². The highest BCUT2D eigenvalue weighted by molar-refractivity contribution is 5.95. The molecular weight excluding hydrogens is 252 g/mol. The molecule has 2 amide bonds. The molecule has 1 aromatic rings. The molecule has 1 aliphatic rings. The number of para-hydroxylation sites is 1. The first-order valence-electron chi connectivity index (χ1n) is 6.96. The minimum Gasteiger partial charge on any atom is -0.273 e. The average Bonchev–Trinajstić information content (AvgIpc) is 2.45. The van der Waals surface area contributed by atoms with E-state index in [1.54, 1.807) is 0 Å². The van der Waals surface area contributed by atoms with Gasteiger partial charge < -0.3 is 0 Å². The molecule has 0 spiro atoms. The Hall–Kier alpha value is -2.10. The van der Waals surface area contributed by atoms with E-state index in [4.69, 9.17) is 0 Å². The van der Waals surface area contributed by atoms with E-state index in [0.29, 0.717) is 5.69 Å². The van der Waals surface area contributed by atoms with Crippen molar-refractivity contribution in [3.63, 3.8) is 0 Å². The third-order valence-electron chi connectivity index (χ3n) is 3.34. The highest BCUT2D eigenvalue weighted by Crippen LogP contribution is 2.26. The van der Waals surface area contributed by atoms with E-state index in [2.05, 4.69) is 6.08 Å². The lowest BCUT2D eigenvalue weighted by molar-refractivity contribution is -0.132. The molecule has 4 nitrogen and oxygen atoms in total. The molecule has 0 N–H and O–H groups in total. The molecule has 20 heavy (non-hydrogen) atoms. The number of anilines is 1. The Balaban J connectivity index is 2.41. The summed E-state index contributed by atoms with van der Waals surface area (Å²) in [6, 6.07) is 9.28. The van der Waals surface area contributed by atoms with Gasteiger partial charge in [0.15, 0.2) is 0 Å². The summed E-state index contributed by atoms with van der Waals surface area (Å²) in [5, 5.41) is 2.97. The first-order valence-corrected chi connectivity index (χ1v) is 6.96. The maximum Gasteiger partial charge on any atom is 0.243 e. The lowest BCUT2D eigenvalue weighted by Gasteiger charge is -2.36. The van der Waals surface area contributed by atoms with Crippen LogP contribution in [0.4, 0.5) is 5.69 Å². The molecule has 0 heterocycles. The van der Waals surface area contributed by atoms with Crippen LogP contribution in [0.1, 0.15) is 39.5 Å². The van der Waals surface area contributed by atoms with Gasteiger partial charge in [0.05, 0.1) is 5.69 Å². The van der Waals surface area contributed by atoms with Crippen molar-refractivity contribution in [1.29, 1.82) is 0 Å². The minimum atomic E-state index is -0.169. The first-order chi connectivity index (χ1) is 9.61. The number of benzene rings is 1. The van der Waals surface area contributed by atoms with Gasteiger partial charge >= 0.3 is 0 Å². The molecule has 0 radical (unpaired) electrons. The number of hydrazine groups is 1. The molecule has 0 unspecified atom stereocenters. The van der Waals surface area contributed by atoms with Crippen LogP contribution in [0, 0.1) is 0 Å². The summed E-state index contributed by atoms with van der Waals surface area (Å²) in [6.07, 6.45) is 6.04. The monoisotopic (exact) mass is 272 g/mol. The maximum atomic E-state index is 12.1. The lowest BCUT2D eigenvalue weighted by Crippen LogP contribution is -2.48. The van der Waals surface area contributed by atoms with Gasteiger partial charge in [-0.05, 0) is 37.8 Å². The molecule has 0 saturated carbocycles. The van der Waals surface area contributed by atoms with Gasteiger partial charge in [0.2, 0.25) is 11.8 Å². The summed E-state index contributed by atoms with van der Waals surface area (Å²) in [5.74, 6) is -0.310. The molecule has 0 aliphatic heterocycles. The predicted molar refractivity (Wildman–Crippen MR) is 78.7 cm³/mol. The zero-order valence-corrected chi connectivity index (χ0v) is 12.0. The van der Waals surface area contributed by atoms with Crippen LogP contribution >= 0.6 is 0 Å². The van der Waals surface area contributed by atoms with Crippen molar-refractivity contribution in [3.8, 4) is 0 Å². The molecule has 106 valence electrons. The van der Waals surface area contributed by atoms with Crippen LogP contribution in [0.25, 0.3) is 0 Å². The smallest absolute Gasteiger partial charge is 0.243 e. The van der Waals surface area contributed by atoms with Crippen LogP contribution in [0.2, 0.25) is 0 Å². The molecule has 0 fully saturated rings. The number of hydrogen-bond donors (Lipinski definition) is 0. The topological polar surface area (TPSA) is 40.6 Å². The SMILES string of the molecule is CC(=O)N(C1=CCCCC1)N(C(C)=O)c1ccccc1. The lowest BCUT2D eigenvalue weighted by atomic mass is 10.0. The third-order valence-corrected chi connectivity index (χ3v) is 3.34. The summed E-state index contributed by atoms with van der Waals surface area (Å²) in [6.45, 7) is 2.97. The molecule has 0 saturated heterocycles. The Labute approximate surface area is 119 Å². The molecule has 4 heteroatoms. The van der Waals surface area contributed by atoms with Crippen molar-refractivity contribution < 1.29 is 9.59 Å². The van der Waals surface area contributed by atoms with Gasteiger partial charge in [0, 0.05) is 19.5 Å². The molecule has 2 rings (SSSR count). The molecule has 0 atom stereocenters. The van der Waals surface area contributed by atoms with Gasteiger partial charge in [-0.25, -0.2) is 10.0 Å². The Bertz CT molecular complexity index is 523. The largest absolute Gasteiger partial charge is 0.273 e. The van der Waals surface area contributed by atoms with Gasteiger partial charge in [0.25, 0.3) is 0 Å². The number of rotatable bonds is 2.